The molecule has 5 heteroatoms. The summed E-state index contributed by atoms with van der Waals surface area (Å²) >= 11 is 1.50. The fraction of sp³-hybridized carbons (Fsp3) is 0.391. The SMILES string of the molecule is CCCN(C(=O)c1ccco1)c1nc(-c2ccc(C3CCCCC3)cc2)cs1. The van der Waals surface area contributed by atoms with Gasteiger partial charge < -0.3 is 4.42 Å². The molecule has 0 atom stereocenters. The molecule has 0 aliphatic heterocycles. The van der Waals surface area contributed by atoms with Crippen LogP contribution in [0, 0.1) is 0 Å². The minimum absolute atomic E-state index is 0.139. The number of thiazole rings is 1. The van der Waals surface area contributed by atoms with Crippen molar-refractivity contribution < 1.29 is 9.21 Å². The number of carbonyl (C=O) groups is 1. The number of hydrogen-bond acceptors (Lipinski definition) is 4. The van der Waals surface area contributed by atoms with E-state index in [-0.39, 0.29) is 5.91 Å². The number of rotatable bonds is 6. The van der Waals surface area contributed by atoms with Crippen LogP contribution in [0.1, 0.15) is 67.5 Å². The minimum atomic E-state index is -0.139. The average molecular weight is 395 g/mol. The number of nitrogens with zero attached hydrogens (tertiary/aromatic N) is 2. The second kappa shape index (κ2) is 8.74. The Labute approximate surface area is 170 Å². The maximum absolute atomic E-state index is 12.8. The van der Waals surface area contributed by atoms with Crippen molar-refractivity contribution in [3.8, 4) is 11.3 Å². The van der Waals surface area contributed by atoms with Crippen LogP contribution in [0.2, 0.25) is 0 Å². The van der Waals surface area contributed by atoms with Gasteiger partial charge in [0.1, 0.15) is 0 Å². The lowest BCUT2D eigenvalue weighted by Gasteiger charge is -2.22. The zero-order chi connectivity index (χ0) is 19.3. The molecule has 1 aromatic carbocycles. The molecule has 0 bridgehead atoms. The van der Waals surface area contributed by atoms with Crippen molar-refractivity contribution in [1.82, 2.24) is 4.98 Å². The summed E-state index contributed by atoms with van der Waals surface area (Å²) in [5.41, 5.74) is 3.46. The predicted octanol–water partition coefficient (Wildman–Crippen LogP) is 6.51. The van der Waals surface area contributed by atoms with Gasteiger partial charge in [-0.1, -0.05) is 50.5 Å². The molecular formula is C23H26N2O2S. The van der Waals surface area contributed by atoms with Crippen molar-refractivity contribution in [3.05, 3.63) is 59.4 Å². The van der Waals surface area contributed by atoms with Gasteiger partial charge in [0.15, 0.2) is 10.9 Å². The van der Waals surface area contributed by atoms with E-state index in [2.05, 4.69) is 31.2 Å². The minimum Gasteiger partial charge on any atom is -0.459 e. The van der Waals surface area contributed by atoms with E-state index in [1.54, 1.807) is 17.0 Å². The molecule has 0 radical (unpaired) electrons. The molecule has 0 N–H and O–H groups in total. The molecule has 0 spiro atoms. The smallest absolute Gasteiger partial charge is 0.295 e. The van der Waals surface area contributed by atoms with Gasteiger partial charge in [-0.05, 0) is 42.9 Å². The van der Waals surface area contributed by atoms with Crippen molar-refractivity contribution in [2.45, 2.75) is 51.4 Å². The normalized spacial score (nSPS) is 14.9. The van der Waals surface area contributed by atoms with Crippen LogP contribution < -0.4 is 4.90 Å². The summed E-state index contributed by atoms with van der Waals surface area (Å²) in [6.07, 6.45) is 9.07. The van der Waals surface area contributed by atoms with E-state index in [1.165, 1.54) is 55.3 Å². The Balaban J connectivity index is 1.53. The molecule has 2 aromatic heterocycles. The average Bonchev–Trinajstić information content (AvgIpc) is 3.45. The quantitative estimate of drug-likeness (QED) is 0.479. The largest absolute Gasteiger partial charge is 0.459 e. The maximum Gasteiger partial charge on any atom is 0.295 e. The molecule has 28 heavy (non-hydrogen) atoms. The van der Waals surface area contributed by atoms with E-state index in [0.29, 0.717) is 18.2 Å². The first-order valence-corrected chi connectivity index (χ1v) is 11.1. The highest BCUT2D eigenvalue weighted by Crippen LogP contribution is 2.34. The summed E-state index contributed by atoms with van der Waals surface area (Å²) in [5.74, 6) is 0.919. The predicted molar refractivity (Wildman–Crippen MR) is 114 cm³/mol. The van der Waals surface area contributed by atoms with E-state index >= 15 is 0 Å². The van der Waals surface area contributed by atoms with Gasteiger partial charge in [-0.25, -0.2) is 4.98 Å². The fourth-order valence-corrected chi connectivity index (χ4v) is 4.78. The molecule has 4 nitrogen and oxygen atoms in total. The third-order valence-electron chi connectivity index (χ3n) is 5.43. The zero-order valence-electron chi connectivity index (χ0n) is 16.3. The molecule has 1 fully saturated rings. The van der Waals surface area contributed by atoms with E-state index in [9.17, 15) is 4.79 Å². The van der Waals surface area contributed by atoms with Crippen molar-refractivity contribution in [3.63, 3.8) is 0 Å². The summed E-state index contributed by atoms with van der Waals surface area (Å²) in [6, 6.07) is 12.3. The van der Waals surface area contributed by atoms with E-state index in [0.717, 1.165) is 22.8 Å². The number of furan rings is 1. The summed E-state index contributed by atoms with van der Waals surface area (Å²) in [4.78, 5) is 19.2. The molecule has 1 saturated carbocycles. The number of hydrogen-bond donors (Lipinski definition) is 0. The van der Waals surface area contributed by atoms with Crippen LogP contribution in [0.25, 0.3) is 11.3 Å². The Morgan fingerprint density at radius 2 is 1.96 bits per heavy atom. The molecule has 1 aliphatic rings. The Bertz CT molecular complexity index is 893. The first-order valence-electron chi connectivity index (χ1n) is 10.2. The Morgan fingerprint density at radius 1 is 1.18 bits per heavy atom. The lowest BCUT2D eigenvalue weighted by Crippen LogP contribution is -2.31. The lowest BCUT2D eigenvalue weighted by atomic mass is 9.84. The fourth-order valence-electron chi connectivity index (χ4n) is 3.92. The molecule has 1 aliphatic carbocycles. The number of benzene rings is 1. The van der Waals surface area contributed by atoms with Gasteiger partial charge in [0.25, 0.3) is 5.91 Å². The molecule has 1 amide bonds. The molecule has 146 valence electrons. The van der Waals surface area contributed by atoms with Gasteiger partial charge >= 0.3 is 0 Å². The second-order valence-electron chi connectivity index (χ2n) is 7.41. The Morgan fingerprint density at radius 3 is 2.64 bits per heavy atom. The van der Waals surface area contributed by atoms with Gasteiger partial charge in [0, 0.05) is 17.5 Å². The maximum atomic E-state index is 12.8. The molecular weight excluding hydrogens is 368 g/mol. The van der Waals surface area contributed by atoms with Gasteiger partial charge in [-0.2, -0.15) is 0 Å². The third kappa shape index (κ3) is 4.04. The lowest BCUT2D eigenvalue weighted by molar-refractivity contribution is 0.0960. The van der Waals surface area contributed by atoms with E-state index in [1.807, 2.05) is 5.38 Å². The van der Waals surface area contributed by atoms with Gasteiger partial charge in [-0.15, -0.1) is 11.3 Å². The highest BCUT2D eigenvalue weighted by atomic mass is 32.1. The molecule has 2 heterocycles. The van der Waals surface area contributed by atoms with Crippen LogP contribution in [0.3, 0.4) is 0 Å². The molecule has 3 aromatic rings. The first-order chi connectivity index (χ1) is 13.8. The second-order valence-corrected chi connectivity index (χ2v) is 8.24. The monoisotopic (exact) mass is 394 g/mol. The van der Waals surface area contributed by atoms with Gasteiger partial charge in [-0.3, -0.25) is 9.69 Å². The Hall–Kier alpha value is -2.40. The van der Waals surface area contributed by atoms with Gasteiger partial charge in [0.2, 0.25) is 0 Å². The summed E-state index contributed by atoms with van der Waals surface area (Å²) in [5, 5.41) is 2.75. The number of carbonyl (C=O) groups excluding carboxylic acids is 1. The summed E-state index contributed by atoms with van der Waals surface area (Å²) in [6.45, 7) is 2.67. The summed E-state index contributed by atoms with van der Waals surface area (Å²) in [7, 11) is 0. The van der Waals surface area contributed by atoms with Crippen molar-refractivity contribution in [2.75, 3.05) is 11.4 Å². The van der Waals surface area contributed by atoms with Crippen molar-refractivity contribution in [2.24, 2.45) is 0 Å². The standard InChI is InChI=1S/C23H26N2O2S/c1-2-14-25(22(26)21-9-6-15-27-21)23-24-20(16-28-23)19-12-10-18(11-13-19)17-7-4-3-5-8-17/h6,9-13,15-17H,2-5,7-8,14H2,1H3. The molecule has 4 rings (SSSR count). The zero-order valence-corrected chi connectivity index (χ0v) is 17.1. The van der Waals surface area contributed by atoms with Crippen molar-refractivity contribution in [1.29, 1.82) is 0 Å². The van der Waals surface area contributed by atoms with E-state index in [4.69, 9.17) is 9.40 Å². The molecule has 0 saturated heterocycles. The van der Waals surface area contributed by atoms with Crippen LogP contribution in [0.4, 0.5) is 5.13 Å². The van der Waals surface area contributed by atoms with Crippen LogP contribution in [-0.2, 0) is 0 Å². The van der Waals surface area contributed by atoms with Gasteiger partial charge in [0.05, 0.1) is 12.0 Å². The van der Waals surface area contributed by atoms with Crippen molar-refractivity contribution >= 4 is 22.4 Å². The number of amides is 1. The Kier molecular flexibility index (Phi) is 5.91. The number of aromatic nitrogens is 1. The summed E-state index contributed by atoms with van der Waals surface area (Å²) < 4.78 is 5.29. The third-order valence-corrected chi connectivity index (χ3v) is 6.29. The topological polar surface area (TPSA) is 46.3 Å². The van der Waals surface area contributed by atoms with Crippen LogP contribution in [0.5, 0.6) is 0 Å². The van der Waals surface area contributed by atoms with E-state index < -0.39 is 0 Å². The van der Waals surface area contributed by atoms with Crippen LogP contribution in [-0.4, -0.2) is 17.4 Å². The van der Waals surface area contributed by atoms with Crippen LogP contribution >= 0.6 is 11.3 Å². The highest BCUT2D eigenvalue weighted by molar-refractivity contribution is 7.14. The first kappa shape index (κ1) is 18.9. The van der Waals surface area contributed by atoms with Crippen LogP contribution in [0.15, 0.2) is 52.5 Å². The highest BCUT2D eigenvalue weighted by Gasteiger charge is 2.22. The molecule has 0 unspecified atom stereocenters. The number of anilines is 1.